The molecule has 0 bridgehead atoms. The summed E-state index contributed by atoms with van der Waals surface area (Å²) in [6.45, 7) is 1.96. The molecule has 0 radical (unpaired) electrons. The van der Waals surface area contributed by atoms with Gasteiger partial charge < -0.3 is 10.5 Å². The lowest BCUT2D eigenvalue weighted by Crippen LogP contribution is -2.08. The zero-order valence-electron chi connectivity index (χ0n) is 8.55. The maximum Gasteiger partial charge on any atom is 0.135 e. The van der Waals surface area contributed by atoms with E-state index in [1.807, 2.05) is 19.1 Å². The second-order valence-electron chi connectivity index (χ2n) is 2.89. The second-order valence-corrected chi connectivity index (χ2v) is 4.60. The van der Waals surface area contributed by atoms with Crippen molar-refractivity contribution in [2.75, 3.05) is 7.11 Å². The number of benzene rings is 1. The molecule has 0 atom stereocenters. The molecule has 1 rings (SSSR count). The number of hydrogen-bond acceptors (Lipinski definition) is 2. The normalized spacial score (nSPS) is 11.6. The van der Waals surface area contributed by atoms with Crippen molar-refractivity contribution >= 4 is 43.4 Å². The zero-order chi connectivity index (χ0) is 11.4. The highest BCUT2D eigenvalue weighted by Gasteiger charge is 2.06. The monoisotopic (exact) mass is 334 g/mol. The number of aliphatic imine (C=N–C) groups is 1. The highest BCUT2D eigenvalue weighted by atomic mass is 79.9. The van der Waals surface area contributed by atoms with Crippen molar-refractivity contribution in [3.05, 3.63) is 21.1 Å². The van der Waals surface area contributed by atoms with Gasteiger partial charge in [-0.15, -0.1) is 0 Å². The van der Waals surface area contributed by atoms with E-state index in [4.69, 9.17) is 10.5 Å². The number of hydrogen-bond donors (Lipinski definition) is 1. The molecule has 5 heteroatoms. The Morgan fingerprint density at radius 2 is 2.07 bits per heavy atom. The van der Waals surface area contributed by atoms with Gasteiger partial charge in [-0.05, 0) is 37.9 Å². The molecule has 0 saturated carbocycles. The minimum Gasteiger partial charge on any atom is -0.495 e. The number of ether oxygens (including phenoxy) is 1. The van der Waals surface area contributed by atoms with Crippen molar-refractivity contribution < 1.29 is 4.74 Å². The highest BCUT2D eigenvalue weighted by Crippen LogP contribution is 2.36. The molecule has 0 aliphatic heterocycles. The van der Waals surface area contributed by atoms with Gasteiger partial charge in [-0.1, -0.05) is 6.92 Å². The van der Waals surface area contributed by atoms with Crippen LogP contribution < -0.4 is 10.5 Å². The van der Waals surface area contributed by atoms with E-state index in [0.717, 1.165) is 26.8 Å². The molecule has 82 valence electrons. The van der Waals surface area contributed by atoms with Crippen molar-refractivity contribution in [3.8, 4) is 5.75 Å². The van der Waals surface area contributed by atoms with Gasteiger partial charge in [0.1, 0.15) is 5.75 Å². The van der Waals surface area contributed by atoms with Crippen molar-refractivity contribution in [1.29, 1.82) is 0 Å². The summed E-state index contributed by atoms with van der Waals surface area (Å²) in [5.74, 6) is 1.33. The first kappa shape index (κ1) is 12.5. The fourth-order valence-electron chi connectivity index (χ4n) is 0.994. The molecule has 0 spiro atoms. The molecule has 2 N–H and O–H groups in total. The minimum absolute atomic E-state index is 0.597. The van der Waals surface area contributed by atoms with Crippen molar-refractivity contribution in [3.63, 3.8) is 0 Å². The first-order valence-electron chi connectivity index (χ1n) is 4.44. The van der Waals surface area contributed by atoms with Crippen LogP contribution >= 0.6 is 31.9 Å². The molecular weight excluding hydrogens is 324 g/mol. The van der Waals surface area contributed by atoms with Crippen molar-refractivity contribution in [2.24, 2.45) is 10.7 Å². The predicted octanol–water partition coefficient (Wildman–Crippen LogP) is 3.62. The molecule has 0 saturated heterocycles. The van der Waals surface area contributed by atoms with Crippen molar-refractivity contribution in [2.45, 2.75) is 13.3 Å². The summed E-state index contributed by atoms with van der Waals surface area (Å²) in [5.41, 5.74) is 6.45. The number of rotatable bonds is 3. The van der Waals surface area contributed by atoms with Gasteiger partial charge in [-0.2, -0.15) is 0 Å². The van der Waals surface area contributed by atoms with Crippen LogP contribution in [0.1, 0.15) is 13.3 Å². The number of amidine groups is 1. The summed E-state index contributed by atoms with van der Waals surface area (Å²) in [6.07, 6.45) is 0.727. The molecule has 15 heavy (non-hydrogen) atoms. The van der Waals surface area contributed by atoms with E-state index in [-0.39, 0.29) is 0 Å². The van der Waals surface area contributed by atoms with Crippen LogP contribution in [0.2, 0.25) is 0 Å². The lowest BCUT2D eigenvalue weighted by Gasteiger charge is -2.06. The van der Waals surface area contributed by atoms with Gasteiger partial charge in [0.2, 0.25) is 0 Å². The fourth-order valence-corrected chi connectivity index (χ4v) is 2.24. The molecule has 0 unspecified atom stereocenters. The van der Waals surface area contributed by atoms with Gasteiger partial charge >= 0.3 is 0 Å². The lowest BCUT2D eigenvalue weighted by molar-refractivity contribution is 0.412. The van der Waals surface area contributed by atoms with Crippen LogP contribution in [0.4, 0.5) is 5.69 Å². The average Bonchev–Trinajstić information content (AvgIpc) is 2.21. The highest BCUT2D eigenvalue weighted by molar-refractivity contribution is 9.11. The van der Waals surface area contributed by atoms with E-state index in [2.05, 4.69) is 36.9 Å². The topological polar surface area (TPSA) is 47.6 Å². The molecular formula is C10H12Br2N2O. The fraction of sp³-hybridized carbons (Fsp3) is 0.300. The van der Waals surface area contributed by atoms with E-state index in [0.29, 0.717) is 5.84 Å². The standard InChI is InChI=1S/C10H12Br2N2O/c1-3-10(13)14-8-5-9(15-2)7(12)4-6(8)11/h4-5H,3H2,1-2H3,(H2,13,14). The predicted molar refractivity (Wildman–Crippen MR) is 70.0 cm³/mol. The maximum absolute atomic E-state index is 5.68. The molecule has 0 fully saturated rings. The third-order valence-electron chi connectivity index (χ3n) is 1.85. The van der Waals surface area contributed by atoms with Crippen LogP contribution in [0.25, 0.3) is 0 Å². The van der Waals surface area contributed by atoms with Gasteiger partial charge in [-0.25, -0.2) is 4.99 Å². The first-order chi connectivity index (χ1) is 7.08. The van der Waals surface area contributed by atoms with Crippen LogP contribution in [0, 0.1) is 0 Å². The number of halogens is 2. The van der Waals surface area contributed by atoms with Crippen LogP contribution in [-0.4, -0.2) is 12.9 Å². The van der Waals surface area contributed by atoms with E-state index >= 15 is 0 Å². The molecule has 0 heterocycles. The quantitative estimate of drug-likeness (QED) is 0.677. The molecule has 1 aromatic carbocycles. The Bertz CT molecular complexity index is 391. The molecule has 3 nitrogen and oxygen atoms in total. The van der Waals surface area contributed by atoms with Gasteiger partial charge in [0.05, 0.1) is 23.1 Å². The average molecular weight is 336 g/mol. The SMILES string of the molecule is CCC(N)=Nc1cc(OC)c(Br)cc1Br. The van der Waals surface area contributed by atoms with Crippen LogP contribution in [0.5, 0.6) is 5.75 Å². The Hall–Kier alpha value is -0.550. The molecule has 1 aromatic rings. The van der Waals surface area contributed by atoms with Gasteiger partial charge in [-0.3, -0.25) is 0 Å². The van der Waals surface area contributed by atoms with Crippen LogP contribution in [0.3, 0.4) is 0 Å². The van der Waals surface area contributed by atoms with E-state index < -0.39 is 0 Å². The maximum atomic E-state index is 5.68. The van der Waals surface area contributed by atoms with Crippen LogP contribution in [0.15, 0.2) is 26.1 Å². The summed E-state index contributed by atoms with van der Waals surface area (Å²) in [6, 6.07) is 3.72. The van der Waals surface area contributed by atoms with Crippen molar-refractivity contribution in [1.82, 2.24) is 0 Å². The van der Waals surface area contributed by atoms with Gasteiger partial charge in [0.25, 0.3) is 0 Å². The Balaban J connectivity index is 3.19. The summed E-state index contributed by atoms with van der Waals surface area (Å²) < 4.78 is 6.94. The smallest absolute Gasteiger partial charge is 0.135 e. The largest absolute Gasteiger partial charge is 0.495 e. The number of nitrogens with zero attached hydrogens (tertiary/aromatic N) is 1. The van der Waals surface area contributed by atoms with Gasteiger partial charge in [0, 0.05) is 17.0 Å². The third-order valence-corrected chi connectivity index (χ3v) is 3.10. The van der Waals surface area contributed by atoms with Gasteiger partial charge in [0.15, 0.2) is 0 Å². The second kappa shape index (κ2) is 5.51. The molecule has 0 aliphatic rings. The number of nitrogens with two attached hydrogens (primary N) is 1. The zero-order valence-corrected chi connectivity index (χ0v) is 11.7. The molecule has 0 amide bonds. The summed E-state index contributed by atoms with van der Waals surface area (Å²) in [7, 11) is 1.62. The Morgan fingerprint density at radius 3 is 2.60 bits per heavy atom. The molecule has 0 aromatic heterocycles. The van der Waals surface area contributed by atoms with Crippen LogP contribution in [-0.2, 0) is 0 Å². The summed E-state index contributed by atoms with van der Waals surface area (Å²) in [5, 5.41) is 0. The summed E-state index contributed by atoms with van der Waals surface area (Å²) in [4.78, 5) is 4.27. The van der Waals surface area contributed by atoms with E-state index in [9.17, 15) is 0 Å². The molecule has 0 aliphatic carbocycles. The minimum atomic E-state index is 0.597. The Kier molecular flexibility index (Phi) is 4.60. The lowest BCUT2D eigenvalue weighted by atomic mass is 10.3. The van der Waals surface area contributed by atoms with E-state index in [1.165, 1.54) is 0 Å². The first-order valence-corrected chi connectivity index (χ1v) is 6.03. The Labute approximate surface area is 106 Å². The van der Waals surface area contributed by atoms with E-state index in [1.54, 1.807) is 7.11 Å². The number of methoxy groups -OCH3 is 1. The summed E-state index contributed by atoms with van der Waals surface area (Å²) >= 11 is 6.81. The Morgan fingerprint density at radius 1 is 1.40 bits per heavy atom. The third kappa shape index (κ3) is 3.21.